The van der Waals surface area contributed by atoms with Gasteiger partial charge < -0.3 is 10.1 Å². The lowest BCUT2D eigenvalue weighted by Crippen LogP contribution is -2.34. The van der Waals surface area contributed by atoms with Crippen LogP contribution in [0.25, 0.3) is 11.1 Å². The largest absolute Gasteiger partial charge is 0.462 e. The normalized spacial score (nSPS) is 10.4. The number of carbonyl (C=O) groups is 2. The van der Waals surface area contributed by atoms with Gasteiger partial charge in [0.15, 0.2) is 5.11 Å². The summed E-state index contributed by atoms with van der Waals surface area (Å²) in [6.45, 7) is 1.90. The maximum atomic E-state index is 13.3. The second-order valence-electron chi connectivity index (χ2n) is 5.97. The van der Waals surface area contributed by atoms with Crippen LogP contribution in [0.2, 0.25) is 0 Å². The minimum atomic E-state index is -0.541. The van der Waals surface area contributed by atoms with Crippen LogP contribution in [0.4, 0.5) is 9.39 Å². The summed E-state index contributed by atoms with van der Waals surface area (Å²) >= 11 is 9.81. The number of carbonyl (C=O) groups excluding carboxylic acids is 2. The molecule has 0 saturated heterocycles. The first-order valence-corrected chi connectivity index (χ1v) is 10.9. The Bertz CT molecular complexity index is 1100. The number of anilines is 1. The number of hydrogen-bond donors (Lipinski definition) is 2. The fourth-order valence-corrected chi connectivity index (χ4v) is 4.33. The van der Waals surface area contributed by atoms with Crippen LogP contribution in [0.5, 0.6) is 0 Å². The highest BCUT2D eigenvalue weighted by molar-refractivity contribution is 9.10. The number of halogens is 2. The third-order valence-electron chi connectivity index (χ3n) is 4.00. The first-order chi connectivity index (χ1) is 14.4. The van der Waals surface area contributed by atoms with E-state index in [2.05, 4.69) is 26.6 Å². The molecular weight excluding hydrogens is 491 g/mol. The van der Waals surface area contributed by atoms with Gasteiger partial charge in [-0.2, -0.15) is 0 Å². The molecule has 0 saturated carbocycles. The standard InChI is InChI=1S/C21H16BrFN2O3S2/c1-2-28-20(27)17-15(12-7-9-13(23)10-8-12)11-30-19(17)25-21(29)24-18(26)14-5-3-4-6-16(14)22/h3-11H,2H2,1H3,(H2,24,25,26,29). The summed E-state index contributed by atoms with van der Waals surface area (Å²) in [4.78, 5) is 25.0. The molecule has 3 rings (SSSR count). The zero-order chi connectivity index (χ0) is 21.7. The summed E-state index contributed by atoms with van der Waals surface area (Å²) in [5.41, 5.74) is 1.93. The molecule has 0 aliphatic rings. The quantitative estimate of drug-likeness (QED) is 0.347. The predicted octanol–water partition coefficient (Wildman–Crippen LogP) is 5.62. The minimum absolute atomic E-state index is 0.0359. The van der Waals surface area contributed by atoms with Crippen LogP contribution in [-0.4, -0.2) is 23.6 Å². The van der Waals surface area contributed by atoms with Gasteiger partial charge in [-0.1, -0.05) is 24.3 Å². The number of thiophene rings is 1. The van der Waals surface area contributed by atoms with Crippen molar-refractivity contribution >= 4 is 61.5 Å². The van der Waals surface area contributed by atoms with Crippen LogP contribution in [0.15, 0.2) is 58.4 Å². The van der Waals surface area contributed by atoms with E-state index < -0.39 is 11.9 Å². The maximum Gasteiger partial charge on any atom is 0.341 e. The number of benzene rings is 2. The van der Waals surface area contributed by atoms with Crippen LogP contribution in [0.1, 0.15) is 27.6 Å². The second kappa shape index (κ2) is 9.92. The van der Waals surface area contributed by atoms with E-state index in [0.29, 0.717) is 26.2 Å². The minimum Gasteiger partial charge on any atom is -0.462 e. The Morgan fingerprint density at radius 1 is 1.17 bits per heavy atom. The van der Waals surface area contributed by atoms with E-state index in [4.69, 9.17) is 17.0 Å². The maximum absolute atomic E-state index is 13.3. The fourth-order valence-electron chi connectivity index (χ4n) is 2.65. The molecule has 0 aliphatic carbocycles. The molecule has 2 N–H and O–H groups in total. The summed E-state index contributed by atoms with van der Waals surface area (Å²) in [6, 6.07) is 12.7. The molecule has 0 fully saturated rings. The van der Waals surface area contributed by atoms with Gasteiger partial charge in [0.1, 0.15) is 16.4 Å². The first kappa shape index (κ1) is 22.1. The van der Waals surface area contributed by atoms with E-state index in [0.717, 1.165) is 0 Å². The van der Waals surface area contributed by atoms with Crippen molar-refractivity contribution in [2.45, 2.75) is 6.92 Å². The highest BCUT2D eigenvalue weighted by atomic mass is 79.9. The molecule has 3 aromatic rings. The Balaban J connectivity index is 1.85. The highest BCUT2D eigenvalue weighted by Crippen LogP contribution is 2.36. The van der Waals surface area contributed by atoms with Gasteiger partial charge in [0, 0.05) is 15.4 Å². The van der Waals surface area contributed by atoms with Gasteiger partial charge in [-0.25, -0.2) is 9.18 Å². The summed E-state index contributed by atoms with van der Waals surface area (Å²) in [5.74, 6) is -1.31. The third kappa shape index (κ3) is 5.10. The number of ether oxygens (including phenoxy) is 1. The van der Waals surface area contributed by atoms with E-state index >= 15 is 0 Å². The van der Waals surface area contributed by atoms with Crippen molar-refractivity contribution in [1.29, 1.82) is 0 Å². The van der Waals surface area contributed by atoms with E-state index in [-0.39, 0.29) is 23.1 Å². The molecule has 0 radical (unpaired) electrons. The van der Waals surface area contributed by atoms with Crippen LogP contribution in [0.3, 0.4) is 0 Å². The van der Waals surface area contributed by atoms with Gasteiger partial charge in [0.2, 0.25) is 0 Å². The molecular formula is C21H16BrFN2O3S2. The average Bonchev–Trinajstić information content (AvgIpc) is 3.12. The molecule has 2 aromatic carbocycles. The highest BCUT2D eigenvalue weighted by Gasteiger charge is 2.23. The van der Waals surface area contributed by atoms with E-state index in [1.165, 1.54) is 23.5 Å². The summed E-state index contributed by atoms with van der Waals surface area (Å²) in [5, 5.41) is 7.70. The smallest absolute Gasteiger partial charge is 0.341 e. The van der Waals surface area contributed by atoms with Gasteiger partial charge in [-0.3, -0.25) is 10.1 Å². The van der Waals surface area contributed by atoms with Crippen molar-refractivity contribution in [3.8, 4) is 11.1 Å². The number of rotatable bonds is 5. The van der Waals surface area contributed by atoms with Gasteiger partial charge in [-0.05, 0) is 64.9 Å². The van der Waals surface area contributed by atoms with Crippen LogP contribution in [0, 0.1) is 5.82 Å². The van der Waals surface area contributed by atoms with E-state index in [1.807, 2.05) is 0 Å². The Kier molecular flexibility index (Phi) is 7.30. The number of esters is 1. The van der Waals surface area contributed by atoms with Gasteiger partial charge >= 0.3 is 5.97 Å². The van der Waals surface area contributed by atoms with Crippen molar-refractivity contribution in [1.82, 2.24) is 5.32 Å². The Morgan fingerprint density at radius 2 is 1.87 bits per heavy atom. The molecule has 1 heterocycles. The monoisotopic (exact) mass is 506 g/mol. The molecule has 1 amide bonds. The molecule has 1 aromatic heterocycles. The molecule has 9 heteroatoms. The molecule has 0 aliphatic heterocycles. The summed E-state index contributed by atoms with van der Waals surface area (Å²) in [6.07, 6.45) is 0. The Hall–Kier alpha value is -2.62. The molecule has 0 unspecified atom stereocenters. The van der Waals surface area contributed by atoms with Crippen LogP contribution in [-0.2, 0) is 4.74 Å². The lowest BCUT2D eigenvalue weighted by atomic mass is 10.0. The van der Waals surface area contributed by atoms with Crippen molar-refractivity contribution in [2.75, 3.05) is 11.9 Å². The van der Waals surface area contributed by atoms with E-state index in [1.54, 1.807) is 48.7 Å². The molecule has 5 nitrogen and oxygen atoms in total. The Morgan fingerprint density at radius 3 is 2.53 bits per heavy atom. The lowest BCUT2D eigenvalue weighted by molar-refractivity contribution is 0.0529. The molecule has 0 spiro atoms. The number of thiocarbonyl (C=S) groups is 1. The van der Waals surface area contributed by atoms with Crippen molar-refractivity contribution in [3.63, 3.8) is 0 Å². The van der Waals surface area contributed by atoms with Crippen molar-refractivity contribution < 1.29 is 18.7 Å². The van der Waals surface area contributed by atoms with E-state index in [9.17, 15) is 14.0 Å². The molecule has 0 bridgehead atoms. The van der Waals surface area contributed by atoms with Gasteiger partial charge in [0.05, 0.1) is 12.2 Å². The molecule has 30 heavy (non-hydrogen) atoms. The molecule has 0 atom stereocenters. The van der Waals surface area contributed by atoms with Gasteiger partial charge in [-0.15, -0.1) is 11.3 Å². The summed E-state index contributed by atoms with van der Waals surface area (Å²) < 4.78 is 19.1. The fraction of sp³-hybridized carbons (Fsp3) is 0.0952. The average molecular weight is 507 g/mol. The van der Waals surface area contributed by atoms with Crippen LogP contribution < -0.4 is 10.6 Å². The number of amides is 1. The van der Waals surface area contributed by atoms with Crippen molar-refractivity contribution in [2.24, 2.45) is 0 Å². The SMILES string of the molecule is CCOC(=O)c1c(-c2ccc(F)cc2)csc1NC(=S)NC(=O)c1ccccc1Br. The molecule has 154 valence electrons. The van der Waals surface area contributed by atoms with Crippen LogP contribution >= 0.6 is 39.5 Å². The number of hydrogen-bond acceptors (Lipinski definition) is 5. The third-order valence-corrected chi connectivity index (χ3v) is 5.79. The zero-order valence-electron chi connectivity index (χ0n) is 15.7. The van der Waals surface area contributed by atoms with Crippen molar-refractivity contribution in [3.05, 3.63) is 75.3 Å². The van der Waals surface area contributed by atoms with Gasteiger partial charge in [0.25, 0.3) is 5.91 Å². The zero-order valence-corrected chi connectivity index (χ0v) is 18.9. The topological polar surface area (TPSA) is 67.4 Å². The predicted molar refractivity (Wildman–Crippen MR) is 123 cm³/mol. The summed E-state index contributed by atoms with van der Waals surface area (Å²) in [7, 11) is 0. The first-order valence-electron chi connectivity index (χ1n) is 8.82. The second-order valence-corrected chi connectivity index (χ2v) is 8.11. The lowest BCUT2D eigenvalue weighted by Gasteiger charge is -2.11. The Labute approximate surface area is 190 Å². The number of nitrogens with one attached hydrogen (secondary N) is 2.